The zero-order valence-corrected chi connectivity index (χ0v) is 7.03. The Morgan fingerprint density at radius 2 is 2.11 bits per heavy atom. The molecule has 0 spiro atoms. The van der Waals surface area contributed by atoms with E-state index in [1.165, 1.54) is 0 Å². The molecule has 6 heteroatoms. The number of nitrogens with zero attached hydrogens (tertiary/aromatic N) is 1. The van der Waals surface area contributed by atoms with E-state index >= 15 is 0 Å². The third-order valence-electron chi connectivity index (χ3n) is 0.703. The molecule has 0 aromatic rings. The molecule has 0 bridgehead atoms. The van der Waals surface area contributed by atoms with Crippen molar-refractivity contribution in [1.29, 1.82) is 0 Å². The summed E-state index contributed by atoms with van der Waals surface area (Å²) < 4.78 is -0.677. The maximum absolute atomic E-state index is 10.2. The predicted octanol–water partition coefficient (Wildman–Crippen LogP) is 1.41. The van der Waals surface area contributed by atoms with Gasteiger partial charge in [-0.3, -0.25) is 0 Å². The van der Waals surface area contributed by atoms with Gasteiger partial charge in [0.25, 0.3) is 0 Å². The molecule has 0 heterocycles. The zero-order valence-electron chi connectivity index (χ0n) is 4.49. The Kier molecular flexibility index (Phi) is 3.72. The molecule has 0 aromatic carbocycles. The smallest absolute Gasteiger partial charge is 0.434 e. The second-order valence-corrected chi connectivity index (χ2v) is 3.48. The first-order valence-electron chi connectivity index (χ1n) is 2.13. The van der Waals surface area contributed by atoms with Crippen molar-refractivity contribution >= 4 is 43.3 Å². The van der Waals surface area contributed by atoms with E-state index in [4.69, 9.17) is 16.7 Å². The van der Waals surface area contributed by atoms with Crippen LogP contribution in [0.4, 0.5) is 4.79 Å². The summed E-state index contributed by atoms with van der Waals surface area (Å²) in [4.78, 5) is 10.2. The topological polar surface area (TPSA) is 37.3 Å². The molecule has 0 saturated carbocycles. The van der Waals surface area contributed by atoms with Crippen molar-refractivity contribution < 1.29 is 13.2 Å². The fourth-order valence-electron chi connectivity index (χ4n) is 0.213. The van der Waals surface area contributed by atoms with Gasteiger partial charge in [-0.05, 0) is 0 Å². The van der Waals surface area contributed by atoms with Gasteiger partial charge in [-0.15, -0.1) is 14.9 Å². The molecular weight excluding hydrogens is 182 g/mol. The van der Waals surface area contributed by atoms with Crippen LogP contribution in [0.15, 0.2) is 0 Å². The van der Waals surface area contributed by atoms with E-state index in [0.29, 0.717) is 0 Å². The molecule has 0 aliphatic rings. The van der Waals surface area contributed by atoms with Crippen LogP contribution >= 0.6 is 37.2 Å². The molecule has 0 unspecified atom stereocenters. The van der Waals surface area contributed by atoms with Crippen LogP contribution in [0, 0.1) is 0 Å². The second kappa shape index (κ2) is 3.55. The van der Waals surface area contributed by atoms with E-state index in [1.54, 1.807) is 0 Å². The minimum Gasteiger partial charge on any atom is -0.434 e. The van der Waals surface area contributed by atoms with Crippen molar-refractivity contribution in [2.24, 2.45) is 0 Å². The van der Waals surface area contributed by atoms with Crippen molar-refractivity contribution in [2.45, 2.75) is 0 Å². The number of carbonyl (C=O) groups is 1. The number of rotatable bonds is 2. The summed E-state index contributed by atoms with van der Waals surface area (Å²) in [5.74, 6) is 0.222. The molecule has 0 aliphatic heterocycles. The Bertz CT molecular complexity index is 118. The molecule has 0 aromatic heterocycles. The molecule has 54 valence electrons. The first-order chi connectivity index (χ1) is 4.00. The molecule has 0 fully saturated rings. The molecule has 0 radical (unpaired) electrons. The summed E-state index contributed by atoms with van der Waals surface area (Å²) in [6.07, 6.45) is -1.12. The van der Waals surface area contributed by atoms with Crippen molar-refractivity contribution in [2.75, 3.05) is 12.4 Å². The molecule has 9 heavy (non-hydrogen) atoms. The van der Waals surface area contributed by atoms with Crippen LogP contribution in [0.25, 0.3) is 0 Å². The van der Waals surface area contributed by atoms with Crippen LogP contribution in [0.2, 0.25) is 0 Å². The number of quaternary nitrogens is 1. The number of alkyl halides is 1. The summed E-state index contributed by atoms with van der Waals surface area (Å²) >= 11 is 12.6. The highest BCUT2D eigenvalue weighted by Gasteiger charge is 2.29. The molecule has 0 rings (SSSR count). The summed E-state index contributed by atoms with van der Waals surface area (Å²) in [7, 11) is 0. The van der Waals surface area contributed by atoms with Gasteiger partial charge in [0.2, 0.25) is 0 Å². The van der Waals surface area contributed by atoms with Crippen LogP contribution in [0.3, 0.4) is 0 Å². The van der Waals surface area contributed by atoms with Crippen LogP contribution in [-0.4, -0.2) is 26.9 Å². The fourth-order valence-corrected chi connectivity index (χ4v) is 0.903. The number of thiol groups is 2. The minimum atomic E-state index is -1.12. The van der Waals surface area contributed by atoms with E-state index in [0.717, 1.165) is 0 Å². The van der Waals surface area contributed by atoms with E-state index < -0.39 is 9.39 Å². The van der Waals surface area contributed by atoms with Gasteiger partial charge in [0.05, 0.1) is 31.5 Å². The number of halogens is 1. The van der Waals surface area contributed by atoms with Gasteiger partial charge in [0.15, 0.2) is 0 Å². The van der Waals surface area contributed by atoms with Gasteiger partial charge in [0.1, 0.15) is 6.54 Å². The van der Waals surface area contributed by atoms with Crippen molar-refractivity contribution in [1.82, 2.24) is 0 Å². The molecule has 3 nitrogen and oxygen atoms in total. The first-order valence-corrected chi connectivity index (χ1v) is 3.47. The highest BCUT2D eigenvalue weighted by Crippen LogP contribution is 2.15. The Balaban J connectivity index is 3.85. The molecule has 0 saturated heterocycles. The van der Waals surface area contributed by atoms with E-state index in [1.807, 2.05) is 0 Å². The van der Waals surface area contributed by atoms with E-state index in [9.17, 15) is 4.79 Å². The predicted molar refractivity (Wildman–Crippen MR) is 41.8 cm³/mol. The van der Waals surface area contributed by atoms with Gasteiger partial charge in [-0.25, -0.2) is 0 Å². The standard InChI is InChI=1S/C3H6ClNO2S2/c4-1-2-5(8,9)3(6)7/h8-9H,1-2H2/p+1. The Morgan fingerprint density at radius 1 is 1.67 bits per heavy atom. The summed E-state index contributed by atoms with van der Waals surface area (Å²) in [5.41, 5.74) is 0. The Morgan fingerprint density at radius 3 is 2.22 bits per heavy atom. The minimum absolute atomic E-state index is 0.184. The number of carboxylic acid groups (broad SMARTS) is 1. The van der Waals surface area contributed by atoms with Crippen molar-refractivity contribution in [3.8, 4) is 0 Å². The van der Waals surface area contributed by atoms with Gasteiger partial charge in [-0.2, -0.15) is 4.79 Å². The summed E-state index contributed by atoms with van der Waals surface area (Å²) in [6.45, 7) is 0.184. The maximum atomic E-state index is 10.2. The van der Waals surface area contributed by atoms with Crippen molar-refractivity contribution in [3.05, 3.63) is 0 Å². The van der Waals surface area contributed by atoms with E-state index in [-0.39, 0.29) is 12.4 Å². The largest absolute Gasteiger partial charge is 0.537 e. The van der Waals surface area contributed by atoms with Crippen LogP contribution < -0.4 is 0 Å². The first kappa shape index (κ1) is 9.42. The summed E-state index contributed by atoms with van der Waals surface area (Å²) in [5, 5.41) is 8.33. The normalized spacial score (nSPS) is 11.4. The van der Waals surface area contributed by atoms with Gasteiger partial charge in [0, 0.05) is 0 Å². The van der Waals surface area contributed by atoms with E-state index in [2.05, 4.69) is 25.6 Å². The quantitative estimate of drug-likeness (QED) is 0.348. The lowest BCUT2D eigenvalue weighted by molar-refractivity contribution is -0.552. The third-order valence-corrected chi connectivity index (χ3v) is 1.61. The Hall–Kier alpha value is 0.420. The van der Waals surface area contributed by atoms with Crippen LogP contribution in [0.5, 0.6) is 0 Å². The zero-order chi connectivity index (χ0) is 7.49. The molecular formula is C3H7ClNO2S2+. The van der Waals surface area contributed by atoms with Gasteiger partial charge < -0.3 is 5.11 Å². The van der Waals surface area contributed by atoms with Crippen LogP contribution in [0.1, 0.15) is 0 Å². The third kappa shape index (κ3) is 3.20. The fraction of sp³-hybridized carbons (Fsp3) is 0.667. The van der Waals surface area contributed by atoms with Crippen molar-refractivity contribution in [3.63, 3.8) is 0 Å². The number of hydrogen-bond donors (Lipinski definition) is 3. The Labute approximate surface area is 69.3 Å². The number of hydrogen-bond acceptors (Lipinski definition) is 3. The maximum Gasteiger partial charge on any atom is 0.537 e. The van der Waals surface area contributed by atoms with Crippen LogP contribution in [-0.2, 0) is 0 Å². The summed E-state index contributed by atoms with van der Waals surface area (Å²) in [6, 6.07) is 0. The second-order valence-electron chi connectivity index (χ2n) is 1.43. The van der Waals surface area contributed by atoms with Gasteiger partial charge in [-0.1, -0.05) is 0 Å². The molecule has 1 N–H and O–H groups in total. The average molecular weight is 189 g/mol. The van der Waals surface area contributed by atoms with Gasteiger partial charge >= 0.3 is 6.09 Å². The monoisotopic (exact) mass is 188 g/mol. The lowest BCUT2D eigenvalue weighted by Gasteiger charge is -2.14. The SMILES string of the molecule is O=C(O)[N+](S)(S)CCCl. The lowest BCUT2D eigenvalue weighted by atomic mass is 10.7. The molecule has 1 amide bonds. The lowest BCUT2D eigenvalue weighted by Crippen LogP contribution is -2.35. The highest BCUT2D eigenvalue weighted by molar-refractivity contribution is 7.88. The number of amides is 1. The highest BCUT2D eigenvalue weighted by atomic mass is 35.5. The average Bonchev–Trinajstić information content (AvgIpc) is 1.65. The molecule has 0 aliphatic carbocycles. The molecule has 0 atom stereocenters.